The number of carboxylic acid groups (broad SMARTS) is 1. The number of halogens is 1. The highest BCUT2D eigenvalue weighted by Crippen LogP contribution is 2.35. The van der Waals surface area contributed by atoms with Crippen LogP contribution in [-0.2, 0) is 4.79 Å². The predicted molar refractivity (Wildman–Crippen MR) is 103 cm³/mol. The molecule has 1 saturated heterocycles. The van der Waals surface area contributed by atoms with E-state index < -0.39 is 5.97 Å². The molecule has 2 aliphatic rings. The van der Waals surface area contributed by atoms with Crippen molar-refractivity contribution in [1.29, 1.82) is 0 Å². The van der Waals surface area contributed by atoms with E-state index in [1.54, 1.807) is 0 Å². The first kappa shape index (κ1) is 19.8. The number of hydrogen-bond acceptors (Lipinski definition) is 5. The van der Waals surface area contributed by atoms with E-state index in [1.165, 1.54) is 12.1 Å². The molecule has 2 aromatic carbocycles. The maximum Gasteiger partial charge on any atom is 0.300 e. The lowest BCUT2D eigenvalue weighted by Crippen LogP contribution is -2.37. The molecule has 0 aliphatic carbocycles. The quantitative estimate of drug-likeness (QED) is 0.854. The van der Waals surface area contributed by atoms with Crippen molar-refractivity contribution in [2.75, 3.05) is 31.4 Å². The SMILES string of the molecule is CC(=O)O.Fc1ccc(N2CCCC(COc3ccc4c(c3)OCO4)C2)cc1. The zero-order valence-electron chi connectivity index (χ0n) is 15.8. The van der Waals surface area contributed by atoms with E-state index in [2.05, 4.69) is 4.90 Å². The number of aliphatic carboxylic acids is 1. The molecule has 1 atom stereocenters. The fourth-order valence-electron chi connectivity index (χ4n) is 3.27. The monoisotopic (exact) mass is 389 g/mol. The van der Waals surface area contributed by atoms with E-state index in [0.29, 0.717) is 12.5 Å². The number of carbonyl (C=O) groups is 1. The number of benzene rings is 2. The van der Waals surface area contributed by atoms with Gasteiger partial charge in [-0.2, -0.15) is 0 Å². The summed E-state index contributed by atoms with van der Waals surface area (Å²) >= 11 is 0. The first-order valence-electron chi connectivity index (χ1n) is 9.24. The van der Waals surface area contributed by atoms with Crippen molar-refractivity contribution in [3.05, 3.63) is 48.3 Å². The zero-order valence-corrected chi connectivity index (χ0v) is 15.8. The summed E-state index contributed by atoms with van der Waals surface area (Å²) in [6.45, 7) is 3.95. The minimum absolute atomic E-state index is 0.196. The molecule has 0 amide bonds. The molecule has 0 aromatic heterocycles. The van der Waals surface area contributed by atoms with Crippen molar-refractivity contribution in [2.24, 2.45) is 5.92 Å². The fourth-order valence-corrected chi connectivity index (χ4v) is 3.27. The van der Waals surface area contributed by atoms with Crippen molar-refractivity contribution in [3.63, 3.8) is 0 Å². The molecule has 7 heteroatoms. The second-order valence-electron chi connectivity index (χ2n) is 6.78. The lowest BCUT2D eigenvalue weighted by atomic mass is 9.98. The van der Waals surface area contributed by atoms with E-state index in [1.807, 2.05) is 30.3 Å². The van der Waals surface area contributed by atoms with Crippen molar-refractivity contribution in [1.82, 2.24) is 0 Å². The van der Waals surface area contributed by atoms with Gasteiger partial charge in [0.2, 0.25) is 6.79 Å². The topological polar surface area (TPSA) is 68.2 Å². The van der Waals surface area contributed by atoms with Crippen LogP contribution in [-0.4, -0.2) is 37.6 Å². The molecule has 2 aromatic rings. The number of fused-ring (bicyclic) bond motifs is 1. The molecule has 0 radical (unpaired) electrons. The minimum atomic E-state index is -0.833. The van der Waals surface area contributed by atoms with Gasteiger partial charge in [0, 0.05) is 37.7 Å². The molecule has 0 spiro atoms. The third-order valence-electron chi connectivity index (χ3n) is 4.54. The molecule has 1 N–H and O–H groups in total. The number of ether oxygens (including phenoxy) is 3. The summed E-state index contributed by atoms with van der Waals surface area (Å²) in [6.07, 6.45) is 2.26. The lowest BCUT2D eigenvalue weighted by Gasteiger charge is -2.34. The van der Waals surface area contributed by atoms with Crippen LogP contribution in [0.2, 0.25) is 0 Å². The van der Waals surface area contributed by atoms with Gasteiger partial charge in [0.1, 0.15) is 11.6 Å². The molecule has 2 aliphatic heterocycles. The van der Waals surface area contributed by atoms with Gasteiger partial charge in [0.25, 0.3) is 5.97 Å². The second kappa shape index (κ2) is 9.30. The average Bonchev–Trinajstić information content (AvgIpc) is 3.15. The second-order valence-corrected chi connectivity index (χ2v) is 6.78. The molecular formula is C21H24FNO5. The first-order chi connectivity index (χ1) is 13.5. The van der Waals surface area contributed by atoms with Crippen molar-refractivity contribution in [2.45, 2.75) is 19.8 Å². The van der Waals surface area contributed by atoms with Crippen LogP contribution in [0.5, 0.6) is 17.2 Å². The van der Waals surface area contributed by atoms with Gasteiger partial charge in [-0.25, -0.2) is 4.39 Å². The van der Waals surface area contributed by atoms with Gasteiger partial charge >= 0.3 is 0 Å². The van der Waals surface area contributed by atoms with Gasteiger partial charge in [0.05, 0.1) is 6.61 Å². The molecule has 150 valence electrons. The highest BCUT2D eigenvalue weighted by atomic mass is 19.1. The van der Waals surface area contributed by atoms with Crippen LogP contribution >= 0.6 is 0 Å². The largest absolute Gasteiger partial charge is 0.493 e. The van der Waals surface area contributed by atoms with E-state index >= 15 is 0 Å². The first-order valence-corrected chi connectivity index (χ1v) is 9.24. The molecule has 6 nitrogen and oxygen atoms in total. The maximum atomic E-state index is 13.1. The lowest BCUT2D eigenvalue weighted by molar-refractivity contribution is -0.134. The Hall–Kier alpha value is -2.96. The van der Waals surface area contributed by atoms with Gasteiger partial charge in [-0.05, 0) is 49.2 Å². The van der Waals surface area contributed by atoms with Crippen molar-refractivity contribution in [3.8, 4) is 17.2 Å². The third kappa shape index (κ3) is 5.52. The molecule has 28 heavy (non-hydrogen) atoms. The van der Waals surface area contributed by atoms with Crippen LogP contribution in [0.4, 0.5) is 10.1 Å². The summed E-state index contributed by atoms with van der Waals surface area (Å²) in [7, 11) is 0. The van der Waals surface area contributed by atoms with Crippen LogP contribution in [0.1, 0.15) is 19.8 Å². The van der Waals surface area contributed by atoms with Crippen LogP contribution < -0.4 is 19.1 Å². The Balaban J connectivity index is 0.000000516. The number of rotatable bonds is 4. The molecule has 1 fully saturated rings. The van der Waals surface area contributed by atoms with Gasteiger partial charge < -0.3 is 24.2 Å². The summed E-state index contributed by atoms with van der Waals surface area (Å²) in [6, 6.07) is 12.4. The highest BCUT2D eigenvalue weighted by molar-refractivity contribution is 5.63. The Morgan fingerprint density at radius 3 is 2.68 bits per heavy atom. The average molecular weight is 389 g/mol. The van der Waals surface area contributed by atoms with E-state index in [-0.39, 0.29) is 12.6 Å². The van der Waals surface area contributed by atoms with Crippen LogP contribution in [0.25, 0.3) is 0 Å². The molecule has 0 bridgehead atoms. The summed E-state index contributed by atoms with van der Waals surface area (Å²) in [5.74, 6) is 1.73. The van der Waals surface area contributed by atoms with Gasteiger partial charge in [-0.3, -0.25) is 4.79 Å². The van der Waals surface area contributed by atoms with Crippen LogP contribution in [0.3, 0.4) is 0 Å². The number of hydrogen-bond donors (Lipinski definition) is 1. The zero-order chi connectivity index (χ0) is 19.9. The Morgan fingerprint density at radius 1 is 1.21 bits per heavy atom. The molecular weight excluding hydrogens is 365 g/mol. The normalized spacial score (nSPS) is 17.5. The summed E-state index contributed by atoms with van der Waals surface area (Å²) in [5.41, 5.74) is 1.07. The molecule has 2 heterocycles. The smallest absolute Gasteiger partial charge is 0.300 e. The predicted octanol–water partition coefficient (Wildman–Crippen LogP) is 3.94. The Bertz CT molecular complexity index is 792. The van der Waals surface area contributed by atoms with Crippen molar-refractivity contribution >= 4 is 11.7 Å². The van der Waals surface area contributed by atoms with E-state index in [9.17, 15) is 4.39 Å². The maximum absolute atomic E-state index is 13.1. The summed E-state index contributed by atoms with van der Waals surface area (Å²) in [5, 5.41) is 7.42. The van der Waals surface area contributed by atoms with E-state index in [0.717, 1.165) is 55.8 Å². The minimum Gasteiger partial charge on any atom is -0.493 e. The highest BCUT2D eigenvalue weighted by Gasteiger charge is 2.21. The summed E-state index contributed by atoms with van der Waals surface area (Å²) in [4.78, 5) is 11.3. The van der Waals surface area contributed by atoms with Crippen molar-refractivity contribution < 1.29 is 28.5 Å². The van der Waals surface area contributed by atoms with Crippen LogP contribution in [0.15, 0.2) is 42.5 Å². The molecule has 0 saturated carbocycles. The number of anilines is 1. The standard InChI is InChI=1S/C19H20FNO3.C2H4O2/c20-15-3-5-16(6-4-15)21-9-1-2-14(11-21)12-22-17-7-8-18-19(10-17)24-13-23-18;1-2(3)4/h3-8,10,14H,1-2,9,11-13H2;1H3,(H,3,4). The number of carboxylic acids is 1. The Kier molecular flexibility index (Phi) is 6.57. The number of nitrogens with zero attached hydrogens (tertiary/aromatic N) is 1. The van der Waals surface area contributed by atoms with Gasteiger partial charge in [-0.15, -0.1) is 0 Å². The molecule has 1 unspecified atom stereocenters. The van der Waals surface area contributed by atoms with Gasteiger partial charge in [0.15, 0.2) is 11.5 Å². The fraction of sp³-hybridized carbons (Fsp3) is 0.381. The third-order valence-corrected chi connectivity index (χ3v) is 4.54. The Morgan fingerprint density at radius 2 is 1.93 bits per heavy atom. The van der Waals surface area contributed by atoms with E-state index in [4.69, 9.17) is 24.1 Å². The van der Waals surface area contributed by atoms with Gasteiger partial charge in [-0.1, -0.05) is 0 Å². The Labute approximate surface area is 163 Å². The number of piperidine rings is 1. The van der Waals surface area contributed by atoms with Crippen LogP contribution in [0, 0.1) is 11.7 Å². The summed E-state index contributed by atoms with van der Waals surface area (Å²) < 4.78 is 29.7. The molecule has 4 rings (SSSR count).